The lowest BCUT2D eigenvalue weighted by Crippen LogP contribution is -2.05. The first kappa shape index (κ1) is 14.4. The SMILES string of the molecule is COc1cccc(OC)c1C(O)CCc1ccccc1. The first-order valence-corrected chi connectivity index (χ1v) is 6.69. The van der Waals surface area contributed by atoms with Gasteiger partial charge in [0.2, 0.25) is 0 Å². The molecule has 1 atom stereocenters. The molecule has 0 spiro atoms. The molecular formula is C17H20O3. The molecule has 0 bridgehead atoms. The van der Waals surface area contributed by atoms with Gasteiger partial charge in [0.25, 0.3) is 0 Å². The van der Waals surface area contributed by atoms with Crippen molar-refractivity contribution in [1.29, 1.82) is 0 Å². The van der Waals surface area contributed by atoms with E-state index in [0.29, 0.717) is 23.5 Å². The Kier molecular flexibility index (Phi) is 5.02. The van der Waals surface area contributed by atoms with E-state index in [9.17, 15) is 5.11 Å². The Labute approximate surface area is 119 Å². The van der Waals surface area contributed by atoms with Crippen molar-refractivity contribution in [2.45, 2.75) is 18.9 Å². The van der Waals surface area contributed by atoms with E-state index in [2.05, 4.69) is 12.1 Å². The third-order valence-corrected chi connectivity index (χ3v) is 3.35. The predicted octanol–water partition coefficient (Wildman–Crippen LogP) is 3.37. The second kappa shape index (κ2) is 6.96. The van der Waals surface area contributed by atoms with Gasteiger partial charge in [-0.25, -0.2) is 0 Å². The van der Waals surface area contributed by atoms with Crippen LogP contribution in [-0.2, 0) is 6.42 Å². The summed E-state index contributed by atoms with van der Waals surface area (Å²) >= 11 is 0. The van der Waals surface area contributed by atoms with E-state index in [0.717, 1.165) is 6.42 Å². The number of methoxy groups -OCH3 is 2. The van der Waals surface area contributed by atoms with Crippen LogP contribution in [-0.4, -0.2) is 19.3 Å². The van der Waals surface area contributed by atoms with E-state index < -0.39 is 6.10 Å². The van der Waals surface area contributed by atoms with Gasteiger partial charge < -0.3 is 14.6 Å². The summed E-state index contributed by atoms with van der Waals surface area (Å²) in [7, 11) is 3.20. The largest absolute Gasteiger partial charge is 0.496 e. The lowest BCUT2D eigenvalue weighted by Gasteiger charge is -2.18. The predicted molar refractivity (Wildman–Crippen MR) is 79.3 cm³/mol. The number of aryl methyl sites for hydroxylation is 1. The fourth-order valence-corrected chi connectivity index (χ4v) is 2.30. The smallest absolute Gasteiger partial charge is 0.128 e. The second-order valence-electron chi connectivity index (χ2n) is 4.62. The van der Waals surface area contributed by atoms with Crippen LogP contribution in [0.5, 0.6) is 11.5 Å². The highest BCUT2D eigenvalue weighted by Gasteiger charge is 2.18. The van der Waals surface area contributed by atoms with Crippen molar-refractivity contribution in [2.75, 3.05) is 14.2 Å². The van der Waals surface area contributed by atoms with Gasteiger partial charge in [0.1, 0.15) is 11.5 Å². The molecule has 0 radical (unpaired) electrons. The Balaban J connectivity index is 2.14. The van der Waals surface area contributed by atoms with Gasteiger partial charge in [0.05, 0.1) is 25.9 Å². The molecule has 0 aliphatic heterocycles. The van der Waals surface area contributed by atoms with Crippen LogP contribution >= 0.6 is 0 Å². The van der Waals surface area contributed by atoms with Crippen LogP contribution in [0, 0.1) is 0 Å². The highest BCUT2D eigenvalue weighted by Crippen LogP contribution is 2.35. The molecule has 2 aromatic carbocycles. The normalized spacial score (nSPS) is 11.9. The molecule has 20 heavy (non-hydrogen) atoms. The van der Waals surface area contributed by atoms with E-state index in [-0.39, 0.29) is 0 Å². The maximum Gasteiger partial charge on any atom is 0.128 e. The average Bonchev–Trinajstić information content (AvgIpc) is 2.52. The fourth-order valence-electron chi connectivity index (χ4n) is 2.30. The molecule has 1 unspecified atom stereocenters. The van der Waals surface area contributed by atoms with Crippen LogP contribution in [0.3, 0.4) is 0 Å². The molecule has 0 amide bonds. The van der Waals surface area contributed by atoms with Crippen LogP contribution in [0.4, 0.5) is 0 Å². The summed E-state index contributed by atoms with van der Waals surface area (Å²) in [6.07, 6.45) is 0.825. The highest BCUT2D eigenvalue weighted by molar-refractivity contribution is 5.46. The quantitative estimate of drug-likeness (QED) is 0.876. The molecule has 106 valence electrons. The van der Waals surface area contributed by atoms with Crippen LogP contribution in [0.2, 0.25) is 0 Å². The summed E-state index contributed by atoms with van der Waals surface area (Å²) in [4.78, 5) is 0. The van der Waals surface area contributed by atoms with Crippen molar-refractivity contribution in [3.8, 4) is 11.5 Å². The summed E-state index contributed by atoms with van der Waals surface area (Å²) < 4.78 is 10.6. The van der Waals surface area contributed by atoms with Crippen molar-refractivity contribution in [1.82, 2.24) is 0 Å². The minimum Gasteiger partial charge on any atom is -0.496 e. The zero-order valence-electron chi connectivity index (χ0n) is 11.9. The minimum absolute atomic E-state index is 0.610. The average molecular weight is 272 g/mol. The molecule has 0 saturated heterocycles. The Morgan fingerprint density at radius 2 is 1.50 bits per heavy atom. The Hall–Kier alpha value is -2.00. The molecule has 1 N–H and O–H groups in total. The van der Waals surface area contributed by atoms with Gasteiger partial charge in [-0.1, -0.05) is 36.4 Å². The monoisotopic (exact) mass is 272 g/mol. The third-order valence-electron chi connectivity index (χ3n) is 3.35. The summed E-state index contributed by atoms with van der Waals surface area (Å²) in [5, 5.41) is 10.4. The van der Waals surface area contributed by atoms with E-state index >= 15 is 0 Å². The van der Waals surface area contributed by atoms with Crippen LogP contribution in [0.1, 0.15) is 23.7 Å². The van der Waals surface area contributed by atoms with Crippen molar-refractivity contribution in [2.24, 2.45) is 0 Å². The zero-order valence-corrected chi connectivity index (χ0v) is 11.9. The number of benzene rings is 2. The van der Waals surface area contributed by atoms with Gasteiger partial charge in [-0.15, -0.1) is 0 Å². The highest BCUT2D eigenvalue weighted by atomic mass is 16.5. The van der Waals surface area contributed by atoms with Crippen molar-refractivity contribution < 1.29 is 14.6 Å². The van der Waals surface area contributed by atoms with E-state index in [1.165, 1.54) is 5.56 Å². The molecule has 2 aromatic rings. The molecule has 0 aliphatic carbocycles. The van der Waals surface area contributed by atoms with Gasteiger partial charge in [-0.3, -0.25) is 0 Å². The Morgan fingerprint density at radius 1 is 0.900 bits per heavy atom. The number of rotatable bonds is 6. The summed E-state index contributed by atoms with van der Waals surface area (Å²) in [6.45, 7) is 0. The number of ether oxygens (including phenoxy) is 2. The molecule has 0 heterocycles. The molecule has 3 heteroatoms. The van der Waals surface area contributed by atoms with Gasteiger partial charge in [-0.05, 0) is 30.5 Å². The van der Waals surface area contributed by atoms with E-state index in [1.807, 2.05) is 36.4 Å². The van der Waals surface area contributed by atoms with E-state index in [1.54, 1.807) is 14.2 Å². The minimum atomic E-state index is -0.610. The van der Waals surface area contributed by atoms with Gasteiger partial charge in [-0.2, -0.15) is 0 Å². The van der Waals surface area contributed by atoms with Crippen LogP contribution in [0.15, 0.2) is 48.5 Å². The van der Waals surface area contributed by atoms with Crippen LogP contribution in [0.25, 0.3) is 0 Å². The fraction of sp³-hybridized carbons (Fsp3) is 0.294. The molecular weight excluding hydrogens is 252 g/mol. The number of hydrogen-bond donors (Lipinski definition) is 1. The number of aliphatic hydroxyl groups excluding tert-OH is 1. The summed E-state index contributed by atoms with van der Waals surface area (Å²) in [5.41, 5.74) is 1.92. The number of hydrogen-bond acceptors (Lipinski definition) is 3. The van der Waals surface area contributed by atoms with E-state index in [4.69, 9.17) is 9.47 Å². The molecule has 0 aromatic heterocycles. The Bertz CT molecular complexity index is 515. The zero-order chi connectivity index (χ0) is 14.4. The van der Waals surface area contributed by atoms with Crippen molar-refractivity contribution >= 4 is 0 Å². The van der Waals surface area contributed by atoms with Gasteiger partial charge >= 0.3 is 0 Å². The molecule has 3 nitrogen and oxygen atoms in total. The van der Waals surface area contributed by atoms with Gasteiger partial charge in [0, 0.05) is 0 Å². The third kappa shape index (κ3) is 3.31. The topological polar surface area (TPSA) is 38.7 Å². The second-order valence-corrected chi connectivity index (χ2v) is 4.62. The molecule has 2 rings (SSSR count). The number of aliphatic hydroxyl groups is 1. The Morgan fingerprint density at radius 3 is 2.05 bits per heavy atom. The summed E-state index contributed by atoms with van der Waals surface area (Å²) in [6, 6.07) is 15.6. The maximum atomic E-state index is 10.4. The van der Waals surface area contributed by atoms with Crippen molar-refractivity contribution in [3.63, 3.8) is 0 Å². The first-order chi connectivity index (χ1) is 9.76. The van der Waals surface area contributed by atoms with Crippen molar-refractivity contribution in [3.05, 3.63) is 59.7 Å². The lowest BCUT2D eigenvalue weighted by molar-refractivity contribution is 0.159. The van der Waals surface area contributed by atoms with Crippen LogP contribution < -0.4 is 9.47 Å². The summed E-state index contributed by atoms with van der Waals surface area (Å²) in [5.74, 6) is 1.31. The van der Waals surface area contributed by atoms with Gasteiger partial charge in [0.15, 0.2) is 0 Å². The molecule has 0 fully saturated rings. The standard InChI is InChI=1S/C17H20O3/c1-19-15-9-6-10-16(20-2)17(15)14(18)12-11-13-7-4-3-5-8-13/h3-10,14,18H,11-12H2,1-2H3. The molecule has 0 saturated carbocycles. The maximum absolute atomic E-state index is 10.4. The lowest BCUT2D eigenvalue weighted by atomic mass is 9.99. The molecule has 0 aliphatic rings. The first-order valence-electron chi connectivity index (χ1n) is 6.69.